The number of sulfonamides is 1. The Morgan fingerprint density at radius 1 is 1.00 bits per heavy atom. The second-order valence-corrected chi connectivity index (χ2v) is 7.40. The summed E-state index contributed by atoms with van der Waals surface area (Å²) in [6, 6.07) is 3.94. The van der Waals surface area contributed by atoms with Gasteiger partial charge in [-0.3, -0.25) is 0 Å². The Kier molecular flexibility index (Phi) is 10.0. The van der Waals surface area contributed by atoms with Gasteiger partial charge in [-0.05, 0) is 12.8 Å². The molecule has 0 amide bonds. The lowest BCUT2D eigenvalue weighted by atomic mass is 9.96. The zero-order valence-corrected chi connectivity index (χ0v) is 14.0. The van der Waals surface area contributed by atoms with Crippen molar-refractivity contribution < 1.29 is 8.42 Å². The predicted molar refractivity (Wildman–Crippen MR) is 83.8 cm³/mol. The van der Waals surface area contributed by atoms with Crippen LogP contribution in [0.1, 0.15) is 71.6 Å². The molecular weight excluding hydrogens is 286 g/mol. The van der Waals surface area contributed by atoms with Crippen LogP contribution in [0.2, 0.25) is 0 Å². The zero-order chi connectivity index (χ0) is 16.2. The van der Waals surface area contributed by atoms with Crippen molar-refractivity contribution >= 4 is 10.0 Å². The molecule has 1 atom stereocenters. The number of hydrogen-bond acceptors (Lipinski definition) is 4. The number of nitrogens with one attached hydrogen (secondary N) is 1. The summed E-state index contributed by atoms with van der Waals surface area (Å²) in [6.07, 6.45) is 6.49. The van der Waals surface area contributed by atoms with Crippen LogP contribution >= 0.6 is 0 Å². The molecule has 0 radical (unpaired) electrons. The minimum atomic E-state index is -3.72. The molecule has 0 aliphatic heterocycles. The minimum Gasteiger partial charge on any atom is -0.213 e. The Balaban J connectivity index is 4.82. The molecule has 0 fully saturated rings. The van der Waals surface area contributed by atoms with Gasteiger partial charge in [-0.15, -0.1) is 0 Å². The SMILES string of the molecule is CCCCCCCC(C#N)(CCC)S(=O)(=O)NCCC#N. The highest BCUT2D eigenvalue weighted by Crippen LogP contribution is 2.29. The maximum Gasteiger partial charge on any atom is 0.230 e. The van der Waals surface area contributed by atoms with Crippen LogP contribution in [-0.4, -0.2) is 19.7 Å². The molecule has 0 saturated carbocycles. The fraction of sp³-hybridized carbons (Fsp3) is 0.867. The first-order valence-electron chi connectivity index (χ1n) is 7.77. The average molecular weight is 313 g/mol. The van der Waals surface area contributed by atoms with E-state index in [2.05, 4.69) is 11.6 Å². The molecule has 120 valence electrons. The van der Waals surface area contributed by atoms with E-state index in [-0.39, 0.29) is 13.0 Å². The fourth-order valence-corrected chi connectivity index (χ4v) is 4.02. The van der Waals surface area contributed by atoms with E-state index in [1.54, 1.807) is 0 Å². The van der Waals surface area contributed by atoms with Crippen molar-refractivity contribution in [3.8, 4) is 12.1 Å². The van der Waals surface area contributed by atoms with E-state index >= 15 is 0 Å². The van der Waals surface area contributed by atoms with E-state index in [9.17, 15) is 13.7 Å². The van der Waals surface area contributed by atoms with Crippen molar-refractivity contribution in [3.05, 3.63) is 0 Å². The van der Waals surface area contributed by atoms with Crippen LogP contribution in [0.15, 0.2) is 0 Å². The molecule has 0 spiro atoms. The molecule has 0 saturated heterocycles. The highest BCUT2D eigenvalue weighted by Gasteiger charge is 2.42. The third-order valence-electron chi connectivity index (χ3n) is 3.59. The molecule has 0 aromatic heterocycles. The van der Waals surface area contributed by atoms with Crippen molar-refractivity contribution in [2.75, 3.05) is 6.54 Å². The Morgan fingerprint density at radius 2 is 1.67 bits per heavy atom. The summed E-state index contributed by atoms with van der Waals surface area (Å²) in [4.78, 5) is 0. The van der Waals surface area contributed by atoms with E-state index in [4.69, 9.17) is 5.26 Å². The van der Waals surface area contributed by atoms with Crippen LogP contribution in [0.5, 0.6) is 0 Å². The van der Waals surface area contributed by atoms with Crippen LogP contribution in [0, 0.1) is 22.7 Å². The summed E-state index contributed by atoms with van der Waals surface area (Å²) in [5, 5.41) is 18.0. The normalized spacial score (nSPS) is 14.1. The van der Waals surface area contributed by atoms with E-state index in [0.717, 1.165) is 32.1 Å². The second kappa shape index (κ2) is 10.6. The standard InChI is InChI=1S/C15H27N3O2S/c1-3-5-6-7-8-11-15(14-17,10-4-2)21(19,20)18-13-9-12-16/h18H,3-11,13H2,1-2H3. The monoisotopic (exact) mass is 313 g/mol. The van der Waals surface area contributed by atoms with Crippen LogP contribution in [-0.2, 0) is 10.0 Å². The topological polar surface area (TPSA) is 93.8 Å². The second-order valence-electron chi connectivity index (χ2n) is 5.33. The van der Waals surface area contributed by atoms with Gasteiger partial charge < -0.3 is 0 Å². The van der Waals surface area contributed by atoms with E-state index < -0.39 is 14.8 Å². The smallest absolute Gasteiger partial charge is 0.213 e. The van der Waals surface area contributed by atoms with Gasteiger partial charge in [-0.1, -0.05) is 52.4 Å². The Morgan fingerprint density at radius 3 is 2.19 bits per heavy atom. The molecule has 5 nitrogen and oxygen atoms in total. The molecule has 0 heterocycles. The predicted octanol–water partition coefficient (Wildman–Crippen LogP) is 3.24. The molecule has 0 aromatic rings. The first kappa shape index (κ1) is 19.9. The number of hydrogen-bond donors (Lipinski definition) is 1. The number of rotatable bonds is 12. The molecule has 0 aliphatic carbocycles. The summed E-state index contributed by atoms with van der Waals surface area (Å²) in [5.41, 5.74) is 0. The Labute approximate surface area is 129 Å². The van der Waals surface area contributed by atoms with Gasteiger partial charge in [0.15, 0.2) is 4.75 Å². The molecule has 0 aromatic carbocycles. The molecular formula is C15H27N3O2S. The van der Waals surface area contributed by atoms with Crippen LogP contribution < -0.4 is 4.72 Å². The third kappa shape index (κ3) is 6.46. The van der Waals surface area contributed by atoms with E-state index in [1.807, 2.05) is 19.1 Å². The third-order valence-corrected chi connectivity index (χ3v) is 5.70. The van der Waals surface area contributed by atoms with E-state index in [1.165, 1.54) is 0 Å². The van der Waals surface area contributed by atoms with Gasteiger partial charge in [-0.2, -0.15) is 10.5 Å². The highest BCUT2D eigenvalue weighted by molar-refractivity contribution is 7.91. The van der Waals surface area contributed by atoms with Crippen LogP contribution in [0.3, 0.4) is 0 Å². The number of nitrogens with zero attached hydrogens (tertiary/aromatic N) is 2. The van der Waals surface area contributed by atoms with Gasteiger partial charge in [-0.25, -0.2) is 13.1 Å². The largest absolute Gasteiger partial charge is 0.230 e. The highest BCUT2D eigenvalue weighted by atomic mass is 32.2. The number of unbranched alkanes of at least 4 members (excludes halogenated alkanes) is 4. The van der Waals surface area contributed by atoms with Gasteiger partial charge in [0.1, 0.15) is 0 Å². The quantitative estimate of drug-likeness (QED) is 0.560. The molecule has 21 heavy (non-hydrogen) atoms. The molecule has 1 unspecified atom stereocenters. The van der Waals surface area contributed by atoms with Crippen molar-refractivity contribution in [2.45, 2.75) is 76.4 Å². The van der Waals surface area contributed by atoms with Crippen LogP contribution in [0.4, 0.5) is 0 Å². The van der Waals surface area contributed by atoms with Gasteiger partial charge in [0, 0.05) is 13.0 Å². The average Bonchev–Trinajstić information content (AvgIpc) is 2.45. The first-order chi connectivity index (χ1) is 9.99. The maximum absolute atomic E-state index is 12.4. The lowest BCUT2D eigenvalue weighted by molar-refractivity contribution is 0.479. The van der Waals surface area contributed by atoms with Gasteiger partial charge in [0.05, 0.1) is 12.1 Å². The first-order valence-corrected chi connectivity index (χ1v) is 9.25. The van der Waals surface area contributed by atoms with Crippen molar-refractivity contribution in [2.24, 2.45) is 0 Å². The van der Waals surface area contributed by atoms with Crippen molar-refractivity contribution in [1.29, 1.82) is 10.5 Å². The molecule has 0 bridgehead atoms. The zero-order valence-electron chi connectivity index (χ0n) is 13.2. The Bertz CT molecular complexity index is 462. The van der Waals surface area contributed by atoms with Gasteiger partial charge >= 0.3 is 0 Å². The lowest BCUT2D eigenvalue weighted by Crippen LogP contribution is -2.45. The maximum atomic E-state index is 12.4. The molecule has 6 heteroatoms. The lowest BCUT2D eigenvalue weighted by Gasteiger charge is -2.26. The molecule has 0 aliphatic rings. The summed E-state index contributed by atoms with van der Waals surface area (Å²) >= 11 is 0. The molecule has 0 rings (SSSR count). The van der Waals surface area contributed by atoms with Crippen molar-refractivity contribution in [3.63, 3.8) is 0 Å². The minimum absolute atomic E-state index is 0.0712. The summed E-state index contributed by atoms with van der Waals surface area (Å²) < 4.78 is 25.9. The van der Waals surface area contributed by atoms with Gasteiger partial charge in [0.25, 0.3) is 0 Å². The van der Waals surface area contributed by atoms with E-state index in [0.29, 0.717) is 19.3 Å². The van der Waals surface area contributed by atoms with Gasteiger partial charge in [0.2, 0.25) is 10.0 Å². The fourth-order valence-electron chi connectivity index (χ4n) is 2.36. The summed E-state index contributed by atoms with van der Waals surface area (Å²) in [7, 11) is -3.72. The summed E-state index contributed by atoms with van der Waals surface area (Å²) in [6.45, 7) is 4.08. The Hall–Kier alpha value is -1.11. The summed E-state index contributed by atoms with van der Waals surface area (Å²) in [5.74, 6) is 0. The number of nitriles is 2. The van der Waals surface area contributed by atoms with Crippen molar-refractivity contribution in [1.82, 2.24) is 4.72 Å². The van der Waals surface area contributed by atoms with Crippen LogP contribution in [0.25, 0.3) is 0 Å². The molecule has 1 N–H and O–H groups in total.